The lowest BCUT2D eigenvalue weighted by molar-refractivity contribution is -0.145. The summed E-state index contributed by atoms with van der Waals surface area (Å²) in [5.41, 5.74) is 0.989. The maximum atomic E-state index is 14.5. The predicted octanol–water partition coefficient (Wildman–Crippen LogP) is 2.36. The van der Waals surface area contributed by atoms with Crippen LogP contribution in [-0.2, 0) is 14.4 Å². The van der Waals surface area contributed by atoms with E-state index in [2.05, 4.69) is 20.9 Å². The molecule has 3 aliphatic heterocycles. The second-order valence-corrected chi connectivity index (χ2v) is 12.6. The van der Waals surface area contributed by atoms with Gasteiger partial charge in [-0.25, -0.2) is 0 Å². The van der Waals surface area contributed by atoms with Gasteiger partial charge in [0, 0.05) is 37.2 Å². The standard InChI is InChI=1S/C31H45N5O4/c1-19(32-2)29(37)34-28(20-8-4-3-5-9-20)31(39)35-14-12-22-16-21-17-25(21)36(22)18-26(35)30(38)33-24-13-15-40-27-11-7-6-10-23(24)27/h6-7,10-11,19-22,24-26,28,32H,3-5,8-9,12-18H2,1-2H3,(H,33,38)(H,34,37)/t19-,21?,22-,24+,25?,26-,28-/m0/s1. The van der Waals surface area contributed by atoms with E-state index < -0.39 is 18.1 Å². The summed E-state index contributed by atoms with van der Waals surface area (Å²) >= 11 is 0. The SMILES string of the molecule is CN[C@@H](C)C(=O)N[C@H](C(=O)N1CC[C@H]2CC3CC3N2C[C@H]1C(=O)N[C@@H]1CCOc2ccccc21)C1CCCCC1. The number of amides is 3. The van der Waals surface area contributed by atoms with Gasteiger partial charge >= 0.3 is 0 Å². The first kappa shape index (κ1) is 27.5. The van der Waals surface area contributed by atoms with Gasteiger partial charge in [-0.3, -0.25) is 19.3 Å². The fourth-order valence-corrected chi connectivity index (χ4v) is 7.64. The molecule has 0 bridgehead atoms. The third-order valence-corrected chi connectivity index (χ3v) is 10.2. The molecule has 1 aromatic rings. The molecule has 0 spiro atoms. The maximum Gasteiger partial charge on any atom is 0.246 e. The smallest absolute Gasteiger partial charge is 0.246 e. The predicted molar refractivity (Wildman–Crippen MR) is 152 cm³/mol. The number of ether oxygens (including phenoxy) is 1. The number of likely N-dealkylation sites (N-methyl/N-ethyl adjacent to an activating group) is 1. The van der Waals surface area contributed by atoms with Gasteiger partial charge in [0.1, 0.15) is 17.8 Å². The number of para-hydroxylation sites is 1. The molecule has 40 heavy (non-hydrogen) atoms. The van der Waals surface area contributed by atoms with Crippen LogP contribution in [-0.4, -0.2) is 84.5 Å². The number of fused-ring (bicyclic) bond motifs is 4. The molecule has 4 fully saturated rings. The molecular weight excluding hydrogens is 506 g/mol. The number of hydrogen-bond donors (Lipinski definition) is 3. The molecule has 3 amide bonds. The van der Waals surface area contributed by atoms with Gasteiger partial charge in [-0.2, -0.15) is 0 Å². The normalized spacial score (nSPS) is 31.4. The quantitative estimate of drug-likeness (QED) is 0.481. The lowest BCUT2D eigenvalue weighted by Crippen LogP contribution is -2.61. The number of carbonyl (C=O) groups is 3. The first-order valence-electron chi connectivity index (χ1n) is 15.5. The van der Waals surface area contributed by atoms with Crippen LogP contribution in [0.15, 0.2) is 24.3 Å². The summed E-state index contributed by atoms with van der Waals surface area (Å²) < 4.78 is 5.83. The number of benzene rings is 1. The Labute approximate surface area is 237 Å². The van der Waals surface area contributed by atoms with Gasteiger partial charge in [-0.1, -0.05) is 37.5 Å². The first-order valence-corrected chi connectivity index (χ1v) is 15.5. The van der Waals surface area contributed by atoms with Crippen LogP contribution in [0.4, 0.5) is 0 Å². The minimum atomic E-state index is -0.607. The second kappa shape index (κ2) is 11.7. The Morgan fingerprint density at radius 2 is 1.82 bits per heavy atom. The first-order chi connectivity index (χ1) is 19.4. The monoisotopic (exact) mass is 551 g/mol. The molecule has 1 aromatic carbocycles. The summed E-state index contributed by atoms with van der Waals surface area (Å²) in [6, 6.07) is 7.11. The van der Waals surface area contributed by atoms with Gasteiger partial charge in [0.15, 0.2) is 0 Å². The van der Waals surface area contributed by atoms with E-state index in [-0.39, 0.29) is 29.7 Å². The van der Waals surface area contributed by atoms with Crippen molar-refractivity contribution in [1.82, 2.24) is 25.8 Å². The molecule has 9 heteroatoms. The van der Waals surface area contributed by atoms with Gasteiger partial charge in [0.05, 0.1) is 18.7 Å². The van der Waals surface area contributed by atoms with E-state index in [1.54, 1.807) is 7.05 Å². The molecule has 0 radical (unpaired) electrons. The Kier molecular flexibility index (Phi) is 8.04. The van der Waals surface area contributed by atoms with Gasteiger partial charge in [-0.05, 0) is 64.0 Å². The van der Waals surface area contributed by atoms with Crippen LogP contribution in [0.25, 0.3) is 0 Å². The summed E-state index contributed by atoms with van der Waals surface area (Å²) in [4.78, 5) is 46.0. The lowest BCUT2D eigenvalue weighted by atomic mass is 9.83. The van der Waals surface area contributed by atoms with Crippen LogP contribution in [0.5, 0.6) is 5.75 Å². The molecule has 2 saturated heterocycles. The molecule has 3 heterocycles. The molecule has 9 nitrogen and oxygen atoms in total. The molecule has 7 atom stereocenters. The fourth-order valence-electron chi connectivity index (χ4n) is 7.64. The van der Waals surface area contributed by atoms with E-state index in [0.717, 1.165) is 55.8 Å². The Bertz CT molecular complexity index is 1110. The van der Waals surface area contributed by atoms with E-state index in [0.29, 0.717) is 38.2 Å². The molecule has 3 N–H and O–H groups in total. The molecule has 2 saturated carbocycles. The van der Waals surface area contributed by atoms with E-state index in [1.807, 2.05) is 36.1 Å². The van der Waals surface area contributed by atoms with E-state index in [1.165, 1.54) is 12.8 Å². The molecule has 0 aromatic heterocycles. The Morgan fingerprint density at radius 3 is 2.62 bits per heavy atom. The van der Waals surface area contributed by atoms with Crippen molar-refractivity contribution in [3.05, 3.63) is 29.8 Å². The van der Waals surface area contributed by atoms with Crippen LogP contribution < -0.4 is 20.7 Å². The van der Waals surface area contributed by atoms with Crippen LogP contribution in [0.3, 0.4) is 0 Å². The van der Waals surface area contributed by atoms with Gasteiger partial charge < -0.3 is 25.6 Å². The highest BCUT2D eigenvalue weighted by Crippen LogP contribution is 2.49. The minimum Gasteiger partial charge on any atom is -0.493 e. The summed E-state index contributed by atoms with van der Waals surface area (Å²) in [7, 11) is 1.75. The molecule has 5 aliphatic rings. The zero-order valence-corrected chi connectivity index (χ0v) is 23.9. The summed E-state index contributed by atoms with van der Waals surface area (Å²) in [5, 5.41) is 9.44. The van der Waals surface area contributed by atoms with Crippen molar-refractivity contribution in [3.63, 3.8) is 0 Å². The van der Waals surface area contributed by atoms with Crippen LogP contribution in [0, 0.1) is 11.8 Å². The van der Waals surface area contributed by atoms with Gasteiger partial charge in [0.2, 0.25) is 17.7 Å². The highest BCUT2D eigenvalue weighted by atomic mass is 16.5. The Balaban J connectivity index is 1.27. The number of hydrogen-bond acceptors (Lipinski definition) is 6. The fraction of sp³-hybridized carbons (Fsp3) is 0.710. The lowest BCUT2D eigenvalue weighted by Gasteiger charge is -2.38. The maximum absolute atomic E-state index is 14.5. The number of rotatable bonds is 7. The Morgan fingerprint density at radius 1 is 1.02 bits per heavy atom. The van der Waals surface area contributed by atoms with Crippen molar-refractivity contribution in [3.8, 4) is 5.75 Å². The minimum absolute atomic E-state index is 0.0930. The topological polar surface area (TPSA) is 103 Å². The number of nitrogens with one attached hydrogen (secondary N) is 3. The highest BCUT2D eigenvalue weighted by Gasteiger charge is 2.54. The zero-order valence-electron chi connectivity index (χ0n) is 23.9. The summed E-state index contributed by atoms with van der Waals surface area (Å²) in [6.45, 7) is 3.47. The van der Waals surface area contributed by atoms with Crippen molar-refractivity contribution in [1.29, 1.82) is 0 Å². The average Bonchev–Trinajstić information content (AvgIpc) is 3.71. The van der Waals surface area contributed by atoms with Gasteiger partial charge in [-0.15, -0.1) is 0 Å². The molecule has 6 rings (SSSR count). The summed E-state index contributed by atoms with van der Waals surface area (Å²) in [6.07, 6.45) is 9.09. The zero-order chi connectivity index (χ0) is 27.8. The molecular formula is C31H45N5O4. The number of carbonyl (C=O) groups excluding carboxylic acids is 3. The molecule has 2 aliphatic carbocycles. The van der Waals surface area contributed by atoms with Crippen molar-refractivity contribution in [2.24, 2.45) is 11.8 Å². The average molecular weight is 552 g/mol. The van der Waals surface area contributed by atoms with Crippen LogP contribution in [0.1, 0.15) is 76.3 Å². The molecule has 218 valence electrons. The number of nitrogens with zero attached hydrogens (tertiary/aromatic N) is 2. The van der Waals surface area contributed by atoms with Crippen molar-refractivity contribution >= 4 is 17.7 Å². The van der Waals surface area contributed by atoms with Crippen molar-refractivity contribution in [2.75, 3.05) is 26.7 Å². The third kappa shape index (κ3) is 5.47. The highest BCUT2D eigenvalue weighted by molar-refractivity contribution is 5.93. The second-order valence-electron chi connectivity index (χ2n) is 12.6. The van der Waals surface area contributed by atoms with Crippen LogP contribution in [0.2, 0.25) is 0 Å². The summed E-state index contributed by atoms with van der Waals surface area (Å²) in [5.74, 6) is 1.29. The molecule has 2 unspecified atom stereocenters. The van der Waals surface area contributed by atoms with Crippen molar-refractivity contribution < 1.29 is 19.1 Å². The van der Waals surface area contributed by atoms with Crippen LogP contribution >= 0.6 is 0 Å². The third-order valence-electron chi connectivity index (χ3n) is 10.2. The van der Waals surface area contributed by atoms with Crippen molar-refractivity contribution in [2.45, 2.75) is 101 Å². The number of piperidine rings is 1. The van der Waals surface area contributed by atoms with E-state index >= 15 is 0 Å². The Hall–Kier alpha value is -2.65. The largest absolute Gasteiger partial charge is 0.493 e. The van der Waals surface area contributed by atoms with Gasteiger partial charge in [0.25, 0.3) is 0 Å². The van der Waals surface area contributed by atoms with E-state index in [4.69, 9.17) is 4.74 Å². The van der Waals surface area contributed by atoms with E-state index in [9.17, 15) is 14.4 Å².